The van der Waals surface area contributed by atoms with E-state index in [9.17, 15) is 9.59 Å². The molecule has 1 aromatic carbocycles. The lowest BCUT2D eigenvalue weighted by atomic mass is 9.96. The molecule has 1 aromatic heterocycles. The molecule has 0 unspecified atom stereocenters. The van der Waals surface area contributed by atoms with Crippen molar-refractivity contribution in [2.75, 3.05) is 32.7 Å². The second kappa shape index (κ2) is 7.58. The van der Waals surface area contributed by atoms with Gasteiger partial charge in [-0.3, -0.25) is 4.79 Å². The van der Waals surface area contributed by atoms with Gasteiger partial charge in [-0.2, -0.15) is 0 Å². The number of aromatic nitrogens is 1. The summed E-state index contributed by atoms with van der Waals surface area (Å²) in [4.78, 5) is 28.5. The Kier molecular flexibility index (Phi) is 5.14. The first-order chi connectivity index (χ1) is 13.5. The number of amides is 3. The van der Waals surface area contributed by atoms with E-state index in [1.807, 2.05) is 12.1 Å². The molecule has 0 radical (unpaired) electrons. The van der Waals surface area contributed by atoms with E-state index in [0.717, 1.165) is 17.3 Å². The van der Waals surface area contributed by atoms with Gasteiger partial charge in [-0.1, -0.05) is 33.2 Å². The molecule has 148 valence electrons. The smallest absolute Gasteiger partial charge is 0.317 e. The first kappa shape index (κ1) is 19.0. The highest BCUT2D eigenvalue weighted by molar-refractivity contribution is 9.10. The van der Waals surface area contributed by atoms with Gasteiger partial charge in [-0.05, 0) is 37.5 Å². The fourth-order valence-corrected chi connectivity index (χ4v) is 4.03. The van der Waals surface area contributed by atoms with Crippen LogP contribution in [0.25, 0.3) is 0 Å². The van der Waals surface area contributed by atoms with Crippen molar-refractivity contribution in [3.8, 4) is 0 Å². The molecule has 1 saturated carbocycles. The predicted molar refractivity (Wildman–Crippen MR) is 107 cm³/mol. The Morgan fingerprint density at radius 1 is 1.18 bits per heavy atom. The number of hydrogen-bond acceptors (Lipinski definition) is 4. The first-order valence-corrected chi connectivity index (χ1v) is 10.3. The summed E-state index contributed by atoms with van der Waals surface area (Å²) in [6.07, 6.45) is 2.17. The van der Waals surface area contributed by atoms with Gasteiger partial charge in [-0.15, -0.1) is 0 Å². The Balaban J connectivity index is 1.28. The molecule has 0 atom stereocenters. The highest BCUT2D eigenvalue weighted by atomic mass is 79.9. The van der Waals surface area contributed by atoms with E-state index in [0.29, 0.717) is 38.4 Å². The fraction of sp³-hybridized carbons (Fsp3) is 0.450. The second-order valence-corrected chi connectivity index (χ2v) is 8.48. The minimum Gasteiger partial charge on any atom is -0.351 e. The largest absolute Gasteiger partial charge is 0.351 e. The van der Waals surface area contributed by atoms with E-state index in [4.69, 9.17) is 4.52 Å². The number of benzene rings is 1. The van der Waals surface area contributed by atoms with Gasteiger partial charge in [-0.25, -0.2) is 4.79 Å². The SMILES string of the molecule is Cc1cc(C(=O)N2CCN(C(=O)NCC3(c4cccc(Br)c4)CC3)CC2)on1. The van der Waals surface area contributed by atoms with Crippen molar-refractivity contribution < 1.29 is 14.1 Å². The zero-order valence-corrected chi connectivity index (χ0v) is 17.4. The van der Waals surface area contributed by atoms with Crippen LogP contribution in [0.2, 0.25) is 0 Å². The van der Waals surface area contributed by atoms with E-state index < -0.39 is 0 Å². The number of halogens is 1. The van der Waals surface area contributed by atoms with E-state index in [-0.39, 0.29) is 23.1 Å². The zero-order chi connectivity index (χ0) is 19.7. The first-order valence-electron chi connectivity index (χ1n) is 9.48. The number of urea groups is 1. The molecule has 1 saturated heterocycles. The summed E-state index contributed by atoms with van der Waals surface area (Å²) in [7, 11) is 0. The lowest BCUT2D eigenvalue weighted by Gasteiger charge is -2.34. The Morgan fingerprint density at radius 3 is 2.50 bits per heavy atom. The van der Waals surface area contributed by atoms with Crippen molar-refractivity contribution in [3.63, 3.8) is 0 Å². The van der Waals surface area contributed by atoms with E-state index >= 15 is 0 Å². The maximum atomic E-state index is 12.6. The quantitative estimate of drug-likeness (QED) is 0.782. The van der Waals surface area contributed by atoms with Crippen LogP contribution >= 0.6 is 15.9 Å². The van der Waals surface area contributed by atoms with E-state index in [2.05, 4.69) is 38.5 Å². The maximum absolute atomic E-state index is 12.6. The van der Waals surface area contributed by atoms with Crippen LogP contribution in [0.4, 0.5) is 4.79 Å². The normalized spacial score (nSPS) is 18.1. The van der Waals surface area contributed by atoms with E-state index in [1.165, 1.54) is 5.56 Å². The Hall–Kier alpha value is -2.35. The van der Waals surface area contributed by atoms with Crippen molar-refractivity contribution in [2.24, 2.45) is 0 Å². The van der Waals surface area contributed by atoms with Crippen molar-refractivity contribution in [3.05, 3.63) is 51.8 Å². The summed E-state index contributed by atoms with van der Waals surface area (Å²) in [5.74, 6) is 0.0762. The highest BCUT2D eigenvalue weighted by Crippen LogP contribution is 2.48. The van der Waals surface area contributed by atoms with Gasteiger partial charge >= 0.3 is 6.03 Å². The molecule has 1 aliphatic carbocycles. The fourth-order valence-electron chi connectivity index (χ4n) is 3.63. The van der Waals surface area contributed by atoms with Crippen molar-refractivity contribution in [1.29, 1.82) is 0 Å². The molecular weight excluding hydrogens is 424 g/mol. The third-order valence-corrected chi connectivity index (χ3v) is 6.05. The molecule has 2 fully saturated rings. The number of nitrogens with one attached hydrogen (secondary N) is 1. The standard InChI is InChI=1S/C20H23BrN4O3/c1-14-11-17(28-23-14)18(26)24-7-9-25(10-8-24)19(27)22-13-20(5-6-20)15-3-2-4-16(21)12-15/h2-4,11-12H,5-10,13H2,1H3,(H,22,27). The van der Waals surface area contributed by atoms with Gasteiger partial charge in [0.1, 0.15) is 0 Å². The molecule has 4 rings (SSSR count). The van der Waals surface area contributed by atoms with Gasteiger partial charge in [0.25, 0.3) is 5.91 Å². The van der Waals surface area contributed by atoms with Crippen LogP contribution in [-0.4, -0.2) is 59.6 Å². The average molecular weight is 447 g/mol. The van der Waals surface area contributed by atoms with Crippen molar-refractivity contribution >= 4 is 27.9 Å². The number of piperazine rings is 1. The van der Waals surface area contributed by atoms with Crippen LogP contribution in [0.1, 0.15) is 34.7 Å². The summed E-state index contributed by atoms with van der Waals surface area (Å²) in [5, 5.41) is 6.85. The van der Waals surface area contributed by atoms with Gasteiger partial charge in [0.05, 0.1) is 5.69 Å². The third-order valence-electron chi connectivity index (χ3n) is 5.56. The van der Waals surface area contributed by atoms with Gasteiger partial charge < -0.3 is 19.6 Å². The number of carbonyl (C=O) groups excluding carboxylic acids is 2. The molecule has 28 heavy (non-hydrogen) atoms. The molecular formula is C20H23BrN4O3. The van der Waals surface area contributed by atoms with Gasteiger partial charge in [0, 0.05) is 48.7 Å². The van der Waals surface area contributed by atoms with E-state index in [1.54, 1.807) is 22.8 Å². The Bertz CT molecular complexity index is 885. The second-order valence-electron chi connectivity index (χ2n) is 7.56. The number of nitrogens with zero attached hydrogens (tertiary/aromatic N) is 3. The molecule has 1 aliphatic heterocycles. The average Bonchev–Trinajstić information content (AvgIpc) is 3.38. The topological polar surface area (TPSA) is 78.7 Å². The lowest BCUT2D eigenvalue weighted by Crippen LogP contribution is -2.53. The number of rotatable bonds is 4. The summed E-state index contributed by atoms with van der Waals surface area (Å²) >= 11 is 3.52. The number of aryl methyl sites for hydroxylation is 1. The molecule has 3 amide bonds. The molecule has 0 bridgehead atoms. The van der Waals surface area contributed by atoms with Crippen LogP contribution in [0.3, 0.4) is 0 Å². The highest BCUT2D eigenvalue weighted by Gasteiger charge is 2.44. The Labute approximate surface area is 172 Å². The third kappa shape index (κ3) is 3.92. The summed E-state index contributed by atoms with van der Waals surface area (Å²) in [5.41, 5.74) is 2.00. The minimum absolute atomic E-state index is 0.0569. The van der Waals surface area contributed by atoms with Crippen LogP contribution in [-0.2, 0) is 5.41 Å². The molecule has 2 heterocycles. The number of carbonyl (C=O) groups is 2. The van der Waals surface area contributed by atoms with Crippen molar-refractivity contribution in [1.82, 2.24) is 20.3 Å². The molecule has 1 N–H and O–H groups in total. The monoisotopic (exact) mass is 446 g/mol. The summed E-state index contributed by atoms with van der Waals surface area (Å²) in [6, 6.07) is 9.88. The van der Waals surface area contributed by atoms with Crippen molar-refractivity contribution in [2.45, 2.75) is 25.2 Å². The van der Waals surface area contributed by atoms with Gasteiger partial charge in [0.15, 0.2) is 0 Å². The predicted octanol–water partition coefficient (Wildman–Crippen LogP) is 2.94. The summed E-state index contributed by atoms with van der Waals surface area (Å²) in [6.45, 7) is 4.41. The zero-order valence-electron chi connectivity index (χ0n) is 15.8. The summed E-state index contributed by atoms with van der Waals surface area (Å²) < 4.78 is 6.11. The molecule has 7 nitrogen and oxygen atoms in total. The molecule has 2 aromatic rings. The molecule has 0 spiro atoms. The minimum atomic E-state index is -0.174. The lowest BCUT2D eigenvalue weighted by molar-refractivity contribution is 0.0624. The van der Waals surface area contributed by atoms with Crippen LogP contribution < -0.4 is 5.32 Å². The molecule has 8 heteroatoms. The molecule has 2 aliphatic rings. The van der Waals surface area contributed by atoms with Crippen LogP contribution in [0.15, 0.2) is 39.3 Å². The van der Waals surface area contributed by atoms with Crippen LogP contribution in [0.5, 0.6) is 0 Å². The number of hydrogen-bond donors (Lipinski definition) is 1. The van der Waals surface area contributed by atoms with Crippen LogP contribution in [0, 0.1) is 6.92 Å². The Morgan fingerprint density at radius 2 is 1.89 bits per heavy atom. The van der Waals surface area contributed by atoms with Gasteiger partial charge in [0.2, 0.25) is 5.76 Å². The maximum Gasteiger partial charge on any atom is 0.317 e.